The third-order valence-corrected chi connectivity index (χ3v) is 7.25. The zero-order chi connectivity index (χ0) is 24.7. The molecular formula is C34H24N2O. The summed E-state index contributed by atoms with van der Waals surface area (Å²) in [7, 11) is 0. The van der Waals surface area contributed by atoms with Crippen LogP contribution >= 0.6 is 0 Å². The minimum atomic E-state index is -0.642. The first-order valence-electron chi connectivity index (χ1n) is 12.5. The van der Waals surface area contributed by atoms with Crippen LogP contribution in [0.3, 0.4) is 0 Å². The normalized spacial score (nSPS) is 11.8. The Morgan fingerprint density at radius 2 is 1.08 bits per heavy atom. The Labute approximate surface area is 215 Å². The van der Waals surface area contributed by atoms with Gasteiger partial charge in [0.25, 0.3) is 0 Å². The predicted octanol–water partition coefficient (Wildman–Crippen LogP) is 8.29. The molecule has 0 saturated heterocycles. The lowest BCUT2D eigenvalue weighted by atomic mass is 9.76. The Balaban J connectivity index is 1.61. The second kappa shape index (κ2) is 8.65. The fraction of sp³-hybridized carbons (Fsp3) is 0.0294. The van der Waals surface area contributed by atoms with Crippen molar-refractivity contribution in [1.82, 2.24) is 9.55 Å². The van der Waals surface area contributed by atoms with E-state index in [0.717, 1.165) is 49.9 Å². The van der Waals surface area contributed by atoms with Crippen LogP contribution in [0.15, 0.2) is 150 Å². The van der Waals surface area contributed by atoms with Gasteiger partial charge < -0.3 is 8.98 Å². The van der Waals surface area contributed by atoms with Gasteiger partial charge in [-0.3, -0.25) is 0 Å². The number of rotatable bonds is 5. The number of hydrogen-bond acceptors (Lipinski definition) is 2. The Morgan fingerprint density at radius 1 is 0.541 bits per heavy atom. The van der Waals surface area contributed by atoms with Crippen LogP contribution in [0.5, 0.6) is 0 Å². The smallest absolute Gasteiger partial charge is 0.136 e. The van der Waals surface area contributed by atoms with E-state index in [1.807, 2.05) is 30.7 Å². The van der Waals surface area contributed by atoms with Gasteiger partial charge in [-0.25, -0.2) is 4.98 Å². The van der Waals surface area contributed by atoms with Gasteiger partial charge >= 0.3 is 0 Å². The largest absolute Gasteiger partial charge is 0.456 e. The molecule has 0 aliphatic rings. The molecule has 0 saturated carbocycles. The van der Waals surface area contributed by atoms with Gasteiger partial charge in [0.05, 0.1) is 18.2 Å². The first kappa shape index (κ1) is 21.4. The monoisotopic (exact) mass is 476 g/mol. The van der Waals surface area contributed by atoms with E-state index >= 15 is 0 Å². The summed E-state index contributed by atoms with van der Waals surface area (Å²) in [5, 5.41) is 2.20. The van der Waals surface area contributed by atoms with Gasteiger partial charge in [0.1, 0.15) is 16.7 Å². The molecule has 0 amide bonds. The topological polar surface area (TPSA) is 31.0 Å². The van der Waals surface area contributed by atoms with Gasteiger partial charge in [-0.2, -0.15) is 0 Å². The van der Waals surface area contributed by atoms with Gasteiger partial charge in [-0.1, -0.05) is 121 Å². The molecule has 7 aromatic rings. The van der Waals surface area contributed by atoms with E-state index < -0.39 is 5.54 Å². The van der Waals surface area contributed by atoms with E-state index in [0.29, 0.717) is 0 Å². The first-order chi connectivity index (χ1) is 18.4. The maximum atomic E-state index is 6.24. The molecule has 0 unspecified atom stereocenters. The molecule has 0 N–H and O–H groups in total. The molecule has 2 aromatic heterocycles. The van der Waals surface area contributed by atoms with E-state index in [4.69, 9.17) is 9.40 Å². The van der Waals surface area contributed by atoms with Crippen molar-refractivity contribution in [2.24, 2.45) is 0 Å². The van der Waals surface area contributed by atoms with Crippen LogP contribution in [0.2, 0.25) is 0 Å². The quantitative estimate of drug-likeness (QED) is 0.234. The number of benzene rings is 5. The van der Waals surface area contributed by atoms with Crippen LogP contribution in [-0.2, 0) is 5.54 Å². The average molecular weight is 477 g/mol. The van der Waals surface area contributed by atoms with Gasteiger partial charge in [-0.15, -0.1) is 0 Å². The fourth-order valence-electron chi connectivity index (χ4n) is 5.71. The van der Waals surface area contributed by atoms with Crippen molar-refractivity contribution >= 4 is 21.9 Å². The number of fused-ring (bicyclic) bond motifs is 3. The molecule has 0 spiro atoms. The van der Waals surface area contributed by atoms with Crippen LogP contribution in [0.25, 0.3) is 33.2 Å². The number of imidazole rings is 1. The standard InChI is InChI=1S/C34H24N2O/c1-4-13-25(14-5-1)34(26-15-6-2-7-16-26,27-17-8-3-9-18-27)36-24-35-23-30(36)28-20-12-22-32-33(28)29-19-10-11-21-31(29)37-32/h1-24H. The molecule has 0 radical (unpaired) electrons. The summed E-state index contributed by atoms with van der Waals surface area (Å²) in [6.07, 6.45) is 3.93. The third-order valence-electron chi connectivity index (χ3n) is 7.25. The zero-order valence-electron chi connectivity index (χ0n) is 20.2. The molecule has 3 heteroatoms. The van der Waals surface area contributed by atoms with E-state index in [9.17, 15) is 0 Å². The molecule has 0 aliphatic heterocycles. The molecule has 0 aliphatic carbocycles. The summed E-state index contributed by atoms with van der Waals surface area (Å²) in [5.41, 5.74) is 6.72. The Bertz CT molecular complexity index is 1720. The number of aromatic nitrogens is 2. The Morgan fingerprint density at radius 3 is 1.70 bits per heavy atom. The van der Waals surface area contributed by atoms with E-state index in [1.54, 1.807) is 0 Å². The Kier molecular flexibility index (Phi) is 5.00. The number of furan rings is 1. The second-order valence-corrected chi connectivity index (χ2v) is 9.23. The third kappa shape index (κ3) is 3.25. The van der Waals surface area contributed by atoms with Crippen LogP contribution in [0, 0.1) is 0 Å². The maximum Gasteiger partial charge on any atom is 0.136 e. The highest BCUT2D eigenvalue weighted by atomic mass is 16.3. The summed E-state index contributed by atoms with van der Waals surface area (Å²) in [4.78, 5) is 4.74. The molecule has 0 atom stereocenters. The summed E-state index contributed by atoms with van der Waals surface area (Å²) in [6, 6.07) is 46.6. The van der Waals surface area contributed by atoms with Gasteiger partial charge in [0, 0.05) is 16.3 Å². The van der Waals surface area contributed by atoms with Gasteiger partial charge in [-0.05, 0) is 28.8 Å². The van der Waals surface area contributed by atoms with Crippen molar-refractivity contribution in [2.45, 2.75) is 5.54 Å². The molecule has 3 nitrogen and oxygen atoms in total. The minimum Gasteiger partial charge on any atom is -0.456 e. The zero-order valence-corrected chi connectivity index (χ0v) is 20.2. The highest BCUT2D eigenvalue weighted by molar-refractivity contribution is 6.12. The SMILES string of the molecule is c1ccc(C(c2ccccc2)(c2ccccc2)n2cncc2-c2cccc3oc4ccccc4c23)cc1. The van der Waals surface area contributed by atoms with Crippen molar-refractivity contribution < 1.29 is 4.42 Å². The molecule has 2 heterocycles. The lowest BCUT2D eigenvalue weighted by molar-refractivity contribution is 0.520. The average Bonchev–Trinajstić information content (AvgIpc) is 3.61. The van der Waals surface area contributed by atoms with Crippen molar-refractivity contribution in [3.8, 4) is 11.3 Å². The van der Waals surface area contributed by atoms with Crippen molar-refractivity contribution in [1.29, 1.82) is 0 Å². The highest BCUT2D eigenvalue weighted by Crippen LogP contribution is 2.45. The number of hydrogen-bond donors (Lipinski definition) is 0. The van der Waals surface area contributed by atoms with Gasteiger partial charge in [0.15, 0.2) is 0 Å². The fourth-order valence-corrected chi connectivity index (χ4v) is 5.71. The van der Waals surface area contributed by atoms with Crippen LogP contribution in [0.1, 0.15) is 16.7 Å². The van der Waals surface area contributed by atoms with Crippen molar-refractivity contribution in [2.75, 3.05) is 0 Å². The second-order valence-electron chi connectivity index (χ2n) is 9.23. The lowest BCUT2D eigenvalue weighted by Crippen LogP contribution is -2.37. The molecule has 37 heavy (non-hydrogen) atoms. The van der Waals surface area contributed by atoms with E-state index in [1.165, 1.54) is 0 Å². The lowest BCUT2D eigenvalue weighted by Gasteiger charge is -2.38. The molecule has 0 bridgehead atoms. The molecule has 0 fully saturated rings. The molecule has 176 valence electrons. The molecule has 5 aromatic carbocycles. The molecular weight excluding hydrogens is 452 g/mol. The van der Waals surface area contributed by atoms with Crippen molar-refractivity contribution in [3.05, 3.63) is 163 Å². The maximum absolute atomic E-state index is 6.24. The van der Waals surface area contributed by atoms with Crippen LogP contribution in [-0.4, -0.2) is 9.55 Å². The van der Waals surface area contributed by atoms with Crippen molar-refractivity contribution in [3.63, 3.8) is 0 Å². The van der Waals surface area contributed by atoms with E-state index in [2.05, 4.69) is 120 Å². The summed E-state index contributed by atoms with van der Waals surface area (Å²) in [6.45, 7) is 0. The Hall–Kier alpha value is -4.89. The number of para-hydroxylation sites is 1. The highest BCUT2D eigenvalue weighted by Gasteiger charge is 2.40. The van der Waals surface area contributed by atoms with Crippen LogP contribution in [0.4, 0.5) is 0 Å². The first-order valence-corrected chi connectivity index (χ1v) is 12.5. The number of nitrogens with zero attached hydrogens (tertiary/aromatic N) is 2. The summed E-state index contributed by atoms with van der Waals surface area (Å²) < 4.78 is 8.56. The summed E-state index contributed by atoms with van der Waals surface area (Å²) >= 11 is 0. The molecule has 7 rings (SSSR count). The minimum absolute atomic E-state index is 0.642. The predicted molar refractivity (Wildman–Crippen MR) is 150 cm³/mol. The van der Waals surface area contributed by atoms with Gasteiger partial charge in [0.2, 0.25) is 0 Å². The van der Waals surface area contributed by atoms with E-state index in [-0.39, 0.29) is 0 Å². The van der Waals surface area contributed by atoms with Crippen LogP contribution < -0.4 is 0 Å². The summed E-state index contributed by atoms with van der Waals surface area (Å²) in [5.74, 6) is 0.